The molecule has 0 aliphatic heterocycles. The van der Waals surface area contributed by atoms with E-state index in [1.165, 1.54) is 0 Å². The van der Waals surface area contributed by atoms with Crippen LogP contribution < -0.4 is 16.0 Å². The first kappa shape index (κ1) is 17.4. The zero-order valence-corrected chi connectivity index (χ0v) is 14.0. The van der Waals surface area contributed by atoms with Crippen molar-refractivity contribution < 1.29 is 9.53 Å². The Hall–Kier alpha value is -1.62. The van der Waals surface area contributed by atoms with Crippen molar-refractivity contribution in [1.82, 2.24) is 0 Å². The average Bonchev–Trinajstić information content (AvgIpc) is 2.33. The predicted octanol–water partition coefficient (Wildman–Crippen LogP) is 4.12. The topological polar surface area (TPSA) is 67.6 Å². The summed E-state index contributed by atoms with van der Waals surface area (Å²) in [5.41, 5.74) is 7.09. The molecule has 0 saturated carbocycles. The number of carbonyl (C=O) groups excluding carboxylic acids is 1. The second kappa shape index (κ2) is 6.89. The molecule has 3 N–H and O–H groups in total. The molecular formula is C15H24ClN3O2. The van der Waals surface area contributed by atoms with Gasteiger partial charge in [0.05, 0.1) is 22.1 Å². The summed E-state index contributed by atoms with van der Waals surface area (Å²) in [4.78, 5) is 13.9. The molecule has 1 aromatic carbocycles. The molecular weight excluding hydrogens is 290 g/mol. The van der Waals surface area contributed by atoms with Gasteiger partial charge in [-0.3, -0.25) is 5.32 Å². The number of anilines is 3. The number of amides is 1. The number of halogens is 1. The molecule has 0 bridgehead atoms. The number of nitrogens with two attached hydrogens (primary N) is 1. The lowest BCUT2D eigenvalue weighted by molar-refractivity contribution is 0.0636. The summed E-state index contributed by atoms with van der Waals surface area (Å²) in [6.45, 7) is 11.1. The quantitative estimate of drug-likeness (QED) is 0.821. The van der Waals surface area contributed by atoms with Gasteiger partial charge in [0.15, 0.2) is 0 Å². The Labute approximate surface area is 131 Å². The molecule has 0 aliphatic rings. The lowest BCUT2D eigenvalue weighted by atomic mass is 10.2. The molecule has 0 unspecified atom stereocenters. The van der Waals surface area contributed by atoms with Gasteiger partial charge in [-0.2, -0.15) is 0 Å². The van der Waals surface area contributed by atoms with Crippen molar-refractivity contribution in [2.75, 3.05) is 29.0 Å². The molecule has 1 amide bonds. The third kappa shape index (κ3) is 5.01. The first-order valence-corrected chi connectivity index (χ1v) is 7.39. The maximum absolute atomic E-state index is 11.8. The second-order valence-electron chi connectivity index (χ2n) is 5.69. The molecule has 0 spiro atoms. The molecule has 1 rings (SSSR count). The molecule has 1 aromatic rings. The number of hydrogen-bond acceptors (Lipinski definition) is 4. The summed E-state index contributed by atoms with van der Waals surface area (Å²) in [5.74, 6) is 0. The fraction of sp³-hybridized carbons (Fsp3) is 0.533. The molecule has 5 nitrogen and oxygen atoms in total. The average molecular weight is 314 g/mol. The van der Waals surface area contributed by atoms with E-state index in [9.17, 15) is 4.79 Å². The monoisotopic (exact) mass is 313 g/mol. The lowest BCUT2D eigenvalue weighted by Crippen LogP contribution is -2.28. The smallest absolute Gasteiger partial charge is 0.412 e. The van der Waals surface area contributed by atoms with Crippen LogP contribution in [-0.2, 0) is 4.74 Å². The van der Waals surface area contributed by atoms with E-state index in [0.717, 1.165) is 18.8 Å². The zero-order chi connectivity index (χ0) is 16.2. The minimum absolute atomic E-state index is 0.404. The Balaban J connectivity index is 3.02. The van der Waals surface area contributed by atoms with Crippen LogP contribution in [0.25, 0.3) is 0 Å². The van der Waals surface area contributed by atoms with Crippen LogP contribution >= 0.6 is 11.6 Å². The number of rotatable bonds is 4. The van der Waals surface area contributed by atoms with Gasteiger partial charge in [-0.25, -0.2) is 4.79 Å². The van der Waals surface area contributed by atoms with Gasteiger partial charge in [-0.15, -0.1) is 0 Å². The van der Waals surface area contributed by atoms with Gasteiger partial charge in [-0.1, -0.05) is 11.6 Å². The Bertz CT molecular complexity index is 508. The van der Waals surface area contributed by atoms with Gasteiger partial charge >= 0.3 is 6.09 Å². The van der Waals surface area contributed by atoms with E-state index in [-0.39, 0.29) is 0 Å². The maximum atomic E-state index is 11.8. The summed E-state index contributed by atoms with van der Waals surface area (Å²) in [6, 6.07) is 3.41. The van der Waals surface area contributed by atoms with E-state index in [0.29, 0.717) is 16.4 Å². The highest BCUT2D eigenvalue weighted by Crippen LogP contribution is 2.33. The van der Waals surface area contributed by atoms with Crippen LogP contribution in [0.3, 0.4) is 0 Å². The summed E-state index contributed by atoms with van der Waals surface area (Å²) in [6.07, 6.45) is -0.540. The first-order valence-electron chi connectivity index (χ1n) is 7.02. The number of carbonyl (C=O) groups is 1. The van der Waals surface area contributed by atoms with E-state index in [2.05, 4.69) is 10.2 Å². The molecule has 0 aliphatic carbocycles. The van der Waals surface area contributed by atoms with Crippen LogP contribution in [0.5, 0.6) is 0 Å². The van der Waals surface area contributed by atoms with Crippen LogP contribution in [0, 0.1) is 0 Å². The van der Waals surface area contributed by atoms with Crippen molar-refractivity contribution in [2.45, 2.75) is 40.2 Å². The highest BCUT2D eigenvalue weighted by atomic mass is 35.5. The van der Waals surface area contributed by atoms with Crippen molar-refractivity contribution >= 4 is 34.8 Å². The minimum Gasteiger partial charge on any atom is -0.444 e. The molecule has 21 heavy (non-hydrogen) atoms. The maximum Gasteiger partial charge on any atom is 0.412 e. The van der Waals surface area contributed by atoms with E-state index >= 15 is 0 Å². The normalized spacial score (nSPS) is 11.1. The van der Waals surface area contributed by atoms with Crippen LogP contribution in [0.4, 0.5) is 21.9 Å². The molecule has 118 valence electrons. The highest BCUT2D eigenvalue weighted by molar-refractivity contribution is 6.33. The minimum atomic E-state index is -0.563. The van der Waals surface area contributed by atoms with Crippen LogP contribution in [0.2, 0.25) is 5.02 Å². The third-order valence-corrected chi connectivity index (χ3v) is 3.16. The summed E-state index contributed by atoms with van der Waals surface area (Å²) >= 11 is 6.23. The van der Waals surface area contributed by atoms with Crippen molar-refractivity contribution in [2.24, 2.45) is 0 Å². The molecule has 0 atom stereocenters. The Morgan fingerprint density at radius 2 is 1.90 bits per heavy atom. The molecule has 6 heteroatoms. The van der Waals surface area contributed by atoms with Gasteiger partial charge in [0.2, 0.25) is 0 Å². The highest BCUT2D eigenvalue weighted by Gasteiger charge is 2.18. The SMILES string of the molecule is CCN(CC)c1cc(NC(=O)OC(C)(C)C)c(N)cc1Cl. The number of ether oxygens (including phenoxy) is 1. The Kier molecular flexibility index (Phi) is 5.72. The van der Waals surface area contributed by atoms with E-state index in [1.807, 2.05) is 13.8 Å². The number of benzene rings is 1. The van der Waals surface area contributed by atoms with Crippen LogP contribution in [0.1, 0.15) is 34.6 Å². The number of nitrogens with one attached hydrogen (secondary N) is 1. The molecule has 0 fully saturated rings. The second-order valence-corrected chi connectivity index (χ2v) is 6.10. The van der Waals surface area contributed by atoms with Crippen molar-refractivity contribution in [1.29, 1.82) is 0 Å². The van der Waals surface area contributed by atoms with Gasteiger partial charge < -0.3 is 15.4 Å². The molecule has 0 saturated heterocycles. The molecule has 0 aromatic heterocycles. The lowest BCUT2D eigenvalue weighted by Gasteiger charge is -2.24. The first-order chi connectivity index (χ1) is 9.67. The molecule has 0 heterocycles. The van der Waals surface area contributed by atoms with Gasteiger partial charge in [-0.05, 0) is 46.8 Å². The third-order valence-electron chi connectivity index (χ3n) is 2.86. The van der Waals surface area contributed by atoms with Crippen LogP contribution in [0.15, 0.2) is 12.1 Å². The summed E-state index contributed by atoms with van der Waals surface area (Å²) in [7, 11) is 0. The fourth-order valence-corrected chi connectivity index (χ4v) is 2.20. The Morgan fingerprint density at radius 1 is 1.33 bits per heavy atom. The predicted molar refractivity (Wildman–Crippen MR) is 89.3 cm³/mol. The number of nitrogen functional groups attached to an aromatic ring is 1. The zero-order valence-electron chi connectivity index (χ0n) is 13.3. The van der Waals surface area contributed by atoms with Gasteiger partial charge in [0.25, 0.3) is 0 Å². The molecule has 0 radical (unpaired) electrons. The van der Waals surface area contributed by atoms with Gasteiger partial charge in [0.1, 0.15) is 5.60 Å². The van der Waals surface area contributed by atoms with E-state index in [4.69, 9.17) is 22.1 Å². The van der Waals surface area contributed by atoms with E-state index < -0.39 is 11.7 Å². The van der Waals surface area contributed by atoms with Crippen molar-refractivity contribution in [3.05, 3.63) is 17.2 Å². The largest absolute Gasteiger partial charge is 0.444 e. The van der Waals surface area contributed by atoms with E-state index in [1.54, 1.807) is 32.9 Å². The van der Waals surface area contributed by atoms with Gasteiger partial charge in [0, 0.05) is 13.1 Å². The van der Waals surface area contributed by atoms with Crippen molar-refractivity contribution in [3.8, 4) is 0 Å². The number of hydrogen-bond donors (Lipinski definition) is 2. The summed E-state index contributed by atoms with van der Waals surface area (Å²) in [5, 5.41) is 3.23. The number of nitrogens with zero attached hydrogens (tertiary/aromatic N) is 1. The standard InChI is InChI=1S/C15H24ClN3O2/c1-6-19(7-2)13-9-12(11(17)8-10(13)16)18-14(20)21-15(3,4)5/h8-9H,6-7,17H2,1-5H3,(H,18,20). The fourth-order valence-electron chi connectivity index (χ4n) is 1.91. The Morgan fingerprint density at radius 3 is 2.38 bits per heavy atom. The van der Waals surface area contributed by atoms with Crippen molar-refractivity contribution in [3.63, 3.8) is 0 Å². The van der Waals surface area contributed by atoms with Crippen LogP contribution in [-0.4, -0.2) is 24.8 Å². The summed E-state index contributed by atoms with van der Waals surface area (Å²) < 4.78 is 5.23.